The Labute approximate surface area is 113 Å². The first-order valence-electron chi connectivity index (χ1n) is 6.13. The molecule has 0 atom stereocenters. The van der Waals surface area contributed by atoms with E-state index in [-0.39, 0.29) is 6.10 Å². The van der Waals surface area contributed by atoms with E-state index in [4.69, 9.17) is 10.5 Å². The van der Waals surface area contributed by atoms with Crippen LogP contribution in [-0.2, 0) is 9.47 Å². The maximum Gasteiger partial charge on any atom is 0.340 e. The number of anilines is 2. The van der Waals surface area contributed by atoms with Gasteiger partial charge < -0.3 is 20.1 Å². The molecule has 6 heteroatoms. The molecular weight excluding hydrogens is 246 g/mol. The van der Waals surface area contributed by atoms with Gasteiger partial charge in [-0.25, -0.2) is 9.78 Å². The number of nitrogen functional groups attached to an aromatic ring is 1. The molecule has 0 saturated carbocycles. The van der Waals surface area contributed by atoms with E-state index in [2.05, 4.69) is 9.72 Å². The fraction of sp³-hybridized carbons (Fsp3) is 0.538. The van der Waals surface area contributed by atoms with Gasteiger partial charge >= 0.3 is 5.97 Å². The fourth-order valence-electron chi connectivity index (χ4n) is 1.59. The van der Waals surface area contributed by atoms with Crippen LogP contribution in [0.25, 0.3) is 0 Å². The van der Waals surface area contributed by atoms with E-state index in [1.165, 1.54) is 13.3 Å². The summed E-state index contributed by atoms with van der Waals surface area (Å²) >= 11 is 0. The molecule has 0 unspecified atom stereocenters. The molecule has 0 saturated heterocycles. The Kier molecular flexibility index (Phi) is 5.57. The Hall–Kier alpha value is -1.82. The van der Waals surface area contributed by atoms with Crippen molar-refractivity contribution in [2.75, 3.05) is 37.9 Å². The van der Waals surface area contributed by atoms with Crippen LogP contribution in [0.15, 0.2) is 12.3 Å². The topological polar surface area (TPSA) is 77.7 Å². The Morgan fingerprint density at radius 3 is 2.79 bits per heavy atom. The van der Waals surface area contributed by atoms with Gasteiger partial charge in [-0.05, 0) is 19.9 Å². The predicted molar refractivity (Wildman–Crippen MR) is 74.3 cm³/mol. The highest BCUT2D eigenvalue weighted by molar-refractivity contribution is 5.97. The van der Waals surface area contributed by atoms with Crippen molar-refractivity contribution in [1.29, 1.82) is 0 Å². The van der Waals surface area contributed by atoms with Crippen LogP contribution in [0.3, 0.4) is 0 Å². The fourth-order valence-corrected chi connectivity index (χ4v) is 1.59. The van der Waals surface area contributed by atoms with Gasteiger partial charge in [0.1, 0.15) is 0 Å². The third-order valence-electron chi connectivity index (χ3n) is 2.61. The first-order chi connectivity index (χ1) is 8.97. The first-order valence-corrected chi connectivity index (χ1v) is 6.13. The standard InChI is InChI=1S/C13H21N3O3/c1-9(2)19-8-7-16(3)12-11(14)10(5-6-15-12)13(17)18-4/h5-6,9H,7-8,14H2,1-4H3. The molecule has 1 rings (SSSR count). The maximum atomic E-state index is 11.5. The number of hydrogen-bond acceptors (Lipinski definition) is 6. The van der Waals surface area contributed by atoms with Crippen LogP contribution in [-0.4, -0.2) is 44.4 Å². The van der Waals surface area contributed by atoms with E-state index in [0.29, 0.717) is 30.2 Å². The Balaban J connectivity index is 2.80. The van der Waals surface area contributed by atoms with Crippen LogP contribution in [0.2, 0.25) is 0 Å². The van der Waals surface area contributed by atoms with E-state index >= 15 is 0 Å². The Morgan fingerprint density at radius 2 is 2.21 bits per heavy atom. The quantitative estimate of drug-likeness (QED) is 0.783. The lowest BCUT2D eigenvalue weighted by Crippen LogP contribution is -2.26. The van der Waals surface area contributed by atoms with Crippen molar-refractivity contribution in [3.8, 4) is 0 Å². The smallest absolute Gasteiger partial charge is 0.340 e. The molecule has 1 aromatic heterocycles. The summed E-state index contributed by atoms with van der Waals surface area (Å²) in [7, 11) is 3.17. The zero-order valence-electron chi connectivity index (χ0n) is 11.8. The predicted octanol–water partition coefficient (Wildman–Crippen LogP) is 1.31. The highest BCUT2D eigenvalue weighted by Gasteiger charge is 2.16. The minimum Gasteiger partial charge on any atom is -0.465 e. The molecular formula is C13H21N3O3. The van der Waals surface area contributed by atoms with Crippen molar-refractivity contribution in [3.05, 3.63) is 17.8 Å². The number of rotatable bonds is 6. The highest BCUT2D eigenvalue weighted by Crippen LogP contribution is 2.23. The van der Waals surface area contributed by atoms with Crippen molar-refractivity contribution in [2.24, 2.45) is 0 Å². The van der Waals surface area contributed by atoms with Crippen LogP contribution < -0.4 is 10.6 Å². The number of carbonyl (C=O) groups is 1. The van der Waals surface area contributed by atoms with Crippen LogP contribution in [0, 0.1) is 0 Å². The van der Waals surface area contributed by atoms with E-state index in [0.717, 1.165) is 0 Å². The lowest BCUT2D eigenvalue weighted by atomic mass is 10.2. The summed E-state index contributed by atoms with van der Waals surface area (Å²) in [6, 6.07) is 1.54. The second-order valence-electron chi connectivity index (χ2n) is 4.43. The van der Waals surface area contributed by atoms with Gasteiger partial charge in [0.15, 0.2) is 5.82 Å². The SMILES string of the molecule is COC(=O)c1ccnc(N(C)CCOC(C)C)c1N. The number of carbonyl (C=O) groups excluding carboxylic acids is 1. The highest BCUT2D eigenvalue weighted by atomic mass is 16.5. The minimum atomic E-state index is -0.465. The molecule has 1 heterocycles. The average molecular weight is 267 g/mol. The number of nitrogens with zero attached hydrogens (tertiary/aromatic N) is 2. The van der Waals surface area contributed by atoms with Gasteiger partial charge in [0.05, 0.1) is 31.1 Å². The van der Waals surface area contributed by atoms with E-state index < -0.39 is 5.97 Å². The summed E-state index contributed by atoms with van der Waals surface area (Å²) < 4.78 is 10.1. The molecule has 2 N–H and O–H groups in total. The van der Waals surface area contributed by atoms with Gasteiger partial charge in [0.25, 0.3) is 0 Å². The van der Waals surface area contributed by atoms with Crippen LogP contribution in [0.1, 0.15) is 24.2 Å². The molecule has 0 radical (unpaired) electrons. The molecule has 0 spiro atoms. The molecule has 0 aliphatic carbocycles. The van der Waals surface area contributed by atoms with E-state index in [1.54, 1.807) is 6.07 Å². The molecule has 106 valence electrons. The Bertz CT molecular complexity index is 435. The van der Waals surface area contributed by atoms with Gasteiger partial charge in [-0.2, -0.15) is 0 Å². The number of esters is 1. The molecule has 0 amide bonds. The van der Waals surface area contributed by atoms with Gasteiger partial charge in [0, 0.05) is 19.8 Å². The summed E-state index contributed by atoms with van der Waals surface area (Å²) in [5.74, 6) is 0.0863. The van der Waals surface area contributed by atoms with Gasteiger partial charge in [-0.1, -0.05) is 0 Å². The van der Waals surface area contributed by atoms with Crippen molar-refractivity contribution < 1.29 is 14.3 Å². The Morgan fingerprint density at radius 1 is 1.53 bits per heavy atom. The van der Waals surface area contributed by atoms with Crippen molar-refractivity contribution in [3.63, 3.8) is 0 Å². The summed E-state index contributed by atoms with van der Waals surface area (Å²) in [5.41, 5.74) is 6.59. The number of nitrogens with two attached hydrogens (primary N) is 1. The second-order valence-corrected chi connectivity index (χ2v) is 4.43. The summed E-state index contributed by atoms with van der Waals surface area (Å²) in [6.45, 7) is 5.16. The summed E-state index contributed by atoms with van der Waals surface area (Å²) in [6.07, 6.45) is 1.72. The number of hydrogen-bond donors (Lipinski definition) is 1. The molecule has 0 aromatic carbocycles. The molecule has 0 bridgehead atoms. The largest absolute Gasteiger partial charge is 0.465 e. The number of pyridine rings is 1. The van der Waals surface area contributed by atoms with Gasteiger partial charge in [-0.3, -0.25) is 0 Å². The van der Waals surface area contributed by atoms with Crippen LogP contribution in [0.4, 0.5) is 11.5 Å². The molecule has 1 aromatic rings. The minimum absolute atomic E-state index is 0.181. The lowest BCUT2D eigenvalue weighted by Gasteiger charge is -2.21. The van der Waals surface area contributed by atoms with Crippen LogP contribution in [0.5, 0.6) is 0 Å². The molecule has 19 heavy (non-hydrogen) atoms. The zero-order chi connectivity index (χ0) is 14.4. The van der Waals surface area contributed by atoms with Crippen molar-refractivity contribution in [2.45, 2.75) is 20.0 Å². The molecule has 6 nitrogen and oxygen atoms in total. The number of aromatic nitrogens is 1. The monoisotopic (exact) mass is 267 g/mol. The van der Waals surface area contributed by atoms with Crippen molar-refractivity contribution in [1.82, 2.24) is 4.98 Å². The number of ether oxygens (including phenoxy) is 2. The average Bonchev–Trinajstić information content (AvgIpc) is 2.37. The summed E-state index contributed by atoms with van der Waals surface area (Å²) in [5, 5.41) is 0. The number of methoxy groups -OCH3 is 1. The lowest BCUT2D eigenvalue weighted by molar-refractivity contribution is 0.0602. The maximum absolute atomic E-state index is 11.5. The van der Waals surface area contributed by atoms with E-state index in [9.17, 15) is 4.79 Å². The molecule has 0 aliphatic rings. The molecule has 0 aliphatic heterocycles. The van der Waals surface area contributed by atoms with Gasteiger partial charge in [-0.15, -0.1) is 0 Å². The second kappa shape index (κ2) is 6.94. The zero-order valence-corrected chi connectivity index (χ0v) is 11.8. The van der Waals surface area contributed by atoms with Crippen molar-refractivity contribution >= 4 is 17.5 Å². The summed E-state index contributed by atoms with van der Waals surface area (Å²) in [4.78, 5) is 17.6. The van der Waals surface area contributed by atoms with Gasteiger partial charge in [0.2, 0.25) is 0 Å². The van der Waals surface area contributed by atoms with E-state index in [1.807, 2.05) is 25.8 Å². The molecule has 0 fully saturated rings. The third-order valence-corrected chi connectivity index (χ3v) is 2.61. The normalized spacial score (nSPS) is 10.6. The van der Waals surface area contributed by atoms with Crippen LogP contribution >= 0.6 is 0 Å². The first kappa shape index (κ1) is 15.2. The number of likely N-dealkylation sites (N-methyl/N-ethyl adjacent to an activating group) is 1. The third kappa shape index (κ3) is 4.10.